The van der Waals surface area contributed by atoms with Crippen LogP contribution in [-0.2, 0) is 4.74 Å². The van der Waals surface area contributed by atoms with Crippen molar-refractivity contribution in [1.82, 2.24) is 4.98 Å². The molecule has 3 rings (SSSR count). The lowest BCUT2D eigenvalue weighted by molar-refractivity contribution is 0.0301. The van der Waals surface area contributed by atoms with Gasteiger partial charge in [0.1, 0.15) is 5.82 Å². The van der Waals surface area contributed by atoms with E-state index in [9.17, 15) is 0 Å². The maximum Gasteiger partial charge on any atom is 0.133 e. The monoisotopic (exact) mass is 233 g/mol. The Balaban J connectivity index is 1.88. The van der Waals surface area contributed by atoms with Gasteiger partial charge < -0.3 is 15.4 Å². The third-order valence-corrected chi connectivity index (χ3v) is 3.65. The lowest BCUT2D eigenvalue weighted by Gasteiger charge is -2.34. The quantitative estimate of drug-likeness (QED) is 0.840. The van der Waals surface area contributed by atoms with Crippen molar-refractivity contribution in [2.45, 2.75) is 38.0 Å². The lowest BCUT2D eigenvalue weighted by Crippen LogP contribution is -2.43. The Bertz CT molecular complexity index is 395. The first kappa shape index (κ1) is 11.0. The highest BCUT2D eigenvalue weighted by Gasteiger charge is 2.34. The number of nitrogens with zero attached hydrogens (tertiary/aromatic N) is 2. The summed E-state index contributed by atoms with van der Waals surface area (Å²) in [5.41, 5.74) is 7.14. The minimum atomic E-state index is 0.0270. The molecule has 0 amide bonds. The van der Waals surface area contributed by atoms with Crippen molar-refractivity contribution in [3.8, 4) is 0 Å². The SMILES string of the molecule is C[C@@H](N)c1cccnc1N1CC2CCC(C1)O2. The number of ether oxygens (including phenoxy) is 1. The maximum atomic E-state index is 6.01. The lowest BCUT2D eigenvalue weighted by atomic mass is 10.1. The molecule has 0 spiro atoms. The Morgan fingerprint density at radius 3 is 2.76 bits per heavy atom. The van der Waals surface area contributed by atoms with Gasteiger partial charge in [0.05, 0.1) is 12.2 Å². The van der Waals surface area contributed by atoms with Crippen molar-refractivity contribution >= 4 is 5.82 Å². The van der Waals surface area contributed by atoms with Crippen LogP contribution in [0.3, 0.4) is 0 Å². The summed E-state index contributed by atoms with van der Waals surface area (Å²) < 4.78 is 5.85. The Labute approximate surface area is 102 Å². The van der Waals surface area contributed by atoms with Crippen LogP contribution in [0.1, 0.15) is 31.4 Å². The summed E-state index contributed by atoms with van der Waals surface area (Å²) in [5, 5.41) is 0. The van der Waals surface area contributed by atoms with Gasteiger partial charge in [0, 0.05) is 30.9 Å². The zero-order valence-electron chi connectivity index (χ0n) is 10.2. The topological polar surface area (TPSA) is 51.4 Å². The van der Waals surface area contributed by atoms with Gasteiger partial charge >= 0.3 is 0 Å². The molecule has 2 aliphatic rings. The van der Waals surface area contributed by atoms with E-state index in [4.69, 9.17) is 10.5 Å². The molecule has 2 saturated heterocycles. The smallest absolute Gasteiger partial charge is 0.133 e. The fraction of sp³-hybridized carbons (Fsp3) is 0.615. The molecule has 0 radical (unpaired) electrons. The molecular formula is C13H19N3O. The molecule has 3 atom stereocenters. The van der Waals surface area contributed by atoms with Crippen LogP contribution in [0.25, 0.3) is 0 Å². The van der Waals surface area contributed by atoms with Crippen LogP contribution in [0.15, 0.2) is 18.3 Å². The summed E-state index contributed by atoms with van der Waals surface area (Å²) >= 11 is 0. The molecule has 0 aliphatic carbocycles. The standard InChI is InChI=1S/C13H19N3O/c1-9(14)12-3-2-6-15-13(12)16-7-10-4-5-11(8-16)17-10/h2-3,6,9-11H,4-5,7-8,14H2,1H3/t9-,10?,11?/m1/s1. The first-order valence-electron chi connectivity index (χ1n) is 6.35. The third-order valence-electron chi connectivity index (χ3n) is 3.65. The fourth-order valence-corrected chi connectivity index (χ4v) is 2.82. The number of anilines is 1. The highest BCUT2D eigenvalue weighted by Crippen LogP contribution is 2.31. The zero-order valence-corrected chi connectivity index (χ0v) is 10.2. The second-order valence-electron chi connectivity index (χ2n) is 5.07. The van der Waals surface area contributed by atoms with E-state index in [-0.39, 0.29) is 6.04 Å². The number of rotatable bonds is 2. The Morgan fingerprint density at radius 1 is 1.41 bits per heavy atom. The first-order chi connectivity index (χ1) is 8.24. The maximum absolute atomic E-state index is 6.01. The van der Waals surface area contributed by atoms with Crippen LogP contribution in [0.5, 0.6) is 0 Å². The molecule has 2 aliphatic heterocycles. The molecule has 2 unspecified atom stereocenters. The van der Waals surface area contributed by atoms with Crippen LogP contribution in [-0.4, -0.2) is 30.3 Å². The van der Waals surface area contributed by atoms with E-state index in [1.54, 1.807) is 0 Å². The van der Waals surface area contributed by atoms with Crippen molar-refractivity contribution in [3.05, 3.63) is 23.9 Å². The van der Waals surface area contributed by atoms with E-state index < -0.39 is 0 Å². The van der Waals surface area contributed by atoms with Gasteiger partial charge in [-0.2, -0.15) is 0 Å². The number of morpholine rings is 1. The summed E-state index contributed by atoms with van der Waals surface area (Å²) in [5.74, 6) is 1.04. The number of pyridine rings is 1. The number of hydrogen-bond donors (Lipinski definition) is 1. The molecule has 92 valence electrons. The van der Waals surface area contributed by atoms with Crippen LogP contribution < -0.4 is 10.6 Å². The van der Waals surface area contributed by atoms with Gasteiger partial charge in [-0.1, -0.05) is 6.07 Å². The molecule has 2 fully saturated rings. The second kappa shape index (κ2) is 4.27. The molecule has 4 heteroatoms. The fourth-order valence-electron chi connectivity index (χ4n) is 2.82. The van der Waals surface area contributed by atoms with Crippen molar-refractivity contribution in [2.24, 2.45) is 5.73 Å². The summed E-state index contributed by atoms with van der Waals surface area (Å²) in [4.78, 5) is 6.85. The molecule has 3 heterocycles. The van der Waals surface area contributed by atoms with Crippen LogP contribution >= 0.6 is 0 Å². The molecule has 2 N–H and O–H groups in total. The van der Waals surface area contributed by atoms with E-state index in [1.165, 1.54) is 12.8 Å². The van der Waals surface area contributed by atoms with Gasteiger partial charge in [-0.3, -0.25) is 0 Å². The number of aromatic nitrogens is 1. The van der Waals surface area contributed by atoms with Crippen molar-refractivity contribution in [1.29, 1.82) is 0 Å². The summed E-state index contributed by atoms with van der Waals surface area (Å²) in [7, 11) is 0. The van der Waals surface area contributed by atoms with Crippen LogP contribution in [0, 0.1) is 0 Å². The van der Waals surface area contributed by atoms with E-state index in [1.807, 2.05) is 19.2 Å². The Kier molecular flexibility index (Phi) is 2.76. The third kappa shape index (κ3) is 2.03. The molecule has 2 bridgehead atoms. The van der Waals surface area contributed by atoms with Crippen molar-refractivity contribution in [2.75, 3.05) is 18.0 Å². The van der Waals surface area contributed by atoms with Crippen LogP contribution in [0.2, 0.25) is 0 Å². The average Bonchev–Trinajstić information content (AvgIpc) is 2.68. The predicted octanol–water partition coefficient (Wildman–Crippen LogP) is 1.47. The Morgan fingerprint density at radius 2 is 2.12 bits per heavy atom. The molecular weight excluding hydrogens is 214 g/mol. The average molecular weight is 233 g/mol. The first-order valence-corrected chi connectivity index (χ1v) is 6.35. The predicted molar refractivity (Wildman–Crippen MR) is 66.9 cm³/mol. The molecule has 4 nitrogen and oxygen atoms in total. The summed E-state index contributed by atoms with van der Waals surface area (Å²) in [6.45, 7) is 3.91. The molecule has 0 saturated carbocycles. The van der Waals surface area contributed by atoms with Gasteiger partial charge in [-0.05, 0) is 25.8 Å². The molecule has 0 aromatic carbocycles. The van der Waals surface area contributed by atoms with Gasteiger partial charge in [-0.15, -0.1) is 0 Å². The number of hydrogen-bond acceptors (Lipinski definition) is 4. The van der Waals surface area contributed by atoms with Crippen LogP contribution in [0.4, 0.5) is 5.82 Å². The largest absolute Gasteiger partial charge is 0.371 e. The summed E-state index contributed by atoms with van der Waals surface area (Å²) in [6, 6.07) is 4.06. The van der Waals surface area contributed by atoms with Crippen molar-refractivity contribution in [3.63, 3.8) is 0 Å². The zero-order chi connectivity index (χ0) is 11.8. The van der Waals surface area contributed by atoms with E-state index in [0.29, 0.717) is 12.2 Å². The molecule has 1 aromatic heterocycles. The van der Waals surface area contributed by atoms with Gasteiger partial charge in [-0.25, -0.2) is 4.98 Å². The molecule has 1 aromatic rings. The van der Waals surface area contributed by atoms with Gasteiger partial charge in [0.25, 0.3) is 0 Å². The van der Waals surface area contributed by atoms with Crippen molar-refractivity contribution < 1.29 is 4.74 Å². The summed E-state index contributed by atoms with van der Waals surface area (Å²) in [6.07, 6.45) is 4.98. The number of nitrogens with two attached hydrogens (primary N) is 1. The Hall–Kier alpha value is -1.13. The minimum absolute atomic E-state index is 0.0270. The van der Waals surface area contributed by atoms with Gasteiger partial charge in [0.2, 0.25) is 0 Å². The van der Waals surface area contributed by atoms with E-state index >= 15 is 0 Å². The minimum Gasteiger partial charge on any atom is -0.371 e. The second-order valence-corrected chi connectivity index (χ2v) is 5.07. The normalized spacial score (nSPS) is 29.4. The highest BCUT2D eigenvalue weighted by atomic mass is 16.5. The van der Waals surface area contributed by atoms with Gasteiger partial charge in [0.15, 0.2) is 0 Å². The van der Waals surface area contributed by atoms with E-state index in [2.05, 4.69) is 16.0 Å². The molecule has 17 heavy (non-hydrogen) atoms. The highest BCUT2D eigenvalue weighted by molar-refractivity contribution is 5.49. The number of fused-ring (bicyclic) bond motifs is 2. The van der Waals surface area contributed by atoms with E-state index in [0.717, 1.165) is 24.5 Å².